The zero-order valence-electron chi connectivity index (χ0n) is 11.1. The molecule has 2 aromatic rings. The third-order valence-electron chi connectivity index (χ3n) is 2.82. The monoisotopic (exact) mass is 266 g/mol. The molecule has 0 bridgehead atoms. The molecule has 0 aliphatic rings. The quantitative estimate of drug-likeness (QED) is 0.886. The second-order valence-electron chi connectivity index (χ2n) is 4.14. The van der Waals surface area contributed by atoms with Crippen molar-refractivity contribution >= 4 is 11.7 Å². The van der Waals surface area contributed by atoms with Gasteiger partial charge in [0.2, 0.25) is 0 Å². The van der Waals surface area contributed by atoms with Crippen LogP contribution in [0.25, 0.3) is 0 Å². The number of amides is 1. The zero-order valence-corrected chi connectivity index (χ0v) is 11.1. The predicted molar refractivity (Wildman–Crippen MR) is 76.1 cm³/mol. The molecule has 0 spiro atoms. The van der Waals surface area contributed by atoms with Crippen molar-refractivity contribution in [1.82, 2.24) is 10.3 Å². The Hall–Kier alpha value is -2.87. The van der Waals surface area contributed by atoms with E-state index in [2.05, 4.69) is 21.7 Å². The first kappa shape index (κ1) is 13.6. The number of rotatable bonds is 4. The topological polar surface area (TPSA) is 77.8 Å². The van der Waals surface area contributed by atoms with E-state index >= 15 is 0 Å². The molecule has 1 aromatic heterocycles. The lowest BCUT2D eigenvalue weighted by Gasteiger charge is -2.09. The molecule has 100 valence electrons. The van der Waals surface area contributed by atoms with Gasteiger partial charge in [0.05, 0.1) is 17.2 Å². The number of pyridine rings is 1. The van der Waals surface area contributed by atoms with Crippen molar-refractivity contribution in [3.63, 3.8) is 0 Å². The zero-order chi connectivity index (χ0) is 14.4. The van der Waals surface area contributed by atoms with Crippen molar-refractivity contribution in [3.05, 3.63) is 59.3 Å². The van der Waals surface area contributed by atoms with Crippen LogP contribution in [0.15, 0.2) is 42.6 Å². The minimum absolute atomic E-state index is 0.180. The minimum Gasteiger partial charge on any atom is -0.365 e. The van der Waals surface area contributed by atoms with Gasteiger partial charge in [0.1, 0.15) is 5.82 Å². The highest BCUT2D eigenvalue weighted by Crippen LogP contribution is 2.13. The van der Waals surface area contributed by atoms with Gasteiger partial charge >= 0.3 is 0 Å². The number of hydrogen-bond donors (Lipinski definition) is 2. The van der Waals surface area contributed by atoms with Crippen molar-refractivity contribution in [1.29, 1.82) is 5.26 Å². The molecule has 0 atom stereocenters. The molecule has 0 unspecified atom stereocenters. The molecule has 0 fully saturated rings. The van der Waals surface area contributed by atoms with Gasteiger partial charge in [0.25, 0.3) is 5.91 Å². The average molecular weight is 266 g/mol. The van der Waals surface area contributed by atoms with E-state index < -0.39 is 0 Å². The maximum absolute atomic E-state index is 11.7. The number of benzene rings is 1. The third kappa shape index (κ3) is 3.12. The Kier molecular flexibility index (Phi) is 4.30. The molecule has 1 aromatic carbocycles. The maximum Gasteiger partial charge on any atom is 0.254 e. The highest BCUT2D eigenvalue weighted by Gasteiger charge is 2.09. The Morgan fingerprint density at radius 3 is 2.70 bits per heavy atom. The number of carbonyl (C=O) groups excluding carboxylic acids is 1. The summed E-state index contributed by atoms with van der Waals surface area (Å²) in [6, 6.07) is 12.8. The molecule has 2 rings (SSSR count). The Bertz CT molecular complexity index is 644. The van der Waals surface area contributed by atoms with Crippen LogP contribution in [0.5, 0.6) is 0 Å². The summed E-state index contributed by atoms with van der Waals surface area (Å²) in [5.41, 5.74) is 2.14. The van der Waals surface area contributed by atoms with E-state index in [4.69, 9.17) is 5.26 Å². The number of nitrogens with zero attached hydrogens (tertiary/aromatic N) is 2. The summed E-state index contributed by atoms with van der Waals surface area (Å²) in [4.78, 5) is 15.9. The van der Waals surface area contributed by atoms with Gasteiger partial charge in [-0.25, -0.2) is 4.98 Å². The largest absolute Gasteiger partial charge is 0.365 e. The normalized spacial score (nSPS) is 9.60. The SMILES string of the molecule is CNC(=O)c1cccnc1NCc1ccc(C#N)cc1. The van der Waals surface area contributed by atoms with Gasteiger partial charge in [-0.15, -0.1) is 0 Å². The lowest BCUT2D eigenvalue weighted by molar-refractivity contribution is 0.0963. The number of carbonyl (C=O) groups is 1. The summed E-state index contributed by atoms with van der Waals surface area (Å²) in [5.74, 6) is 0.358. The van der Waals surface area contributed by atoms with Crippen molar-refractivity contribution in [2.75, 3.05) is 12.4 Å². The molecule has 0 radical (unpaired) electrons. The highest BCUT2D eigenvalue weighted by molar-refractivity contribution is 5.98. The van der Waals surface area contributed by atoms with Gasteiger partial charge in [-0.05, 0) is 29.8 Å². The van der Waals surface area contributed by atoms with E-state index in [1.165, 1.54) is 0 Å². The van der Waals surface area contributed by atoms with Crippen molar-refractivity contribution in [2.45, 2.75) is 6.54 Å². The second-order valence-corrected chi connectivity index (χ2v) is 4.14. The van der Waals surface area contributed by atoms with Gasteiger partial charge in [-0.2, -0.15) is 5.26 Å². The number of anilines is 1. The Morgan fingerprint density at radius 2 is 2.05 bits per heavy atom. The van der Waals surface area contributed by atoms with Crippen molar-refractivity contribution in [2.24, 2.45) is 0 Å². The van der Waals surface area contributed by atoms with Crippen molar-refractivity contribution in [3.8, 4) is 6.07 Å². The van der Waals surface area contributed by atoms with Gasteiger partial charge in [-0.1, -0.05) is 12.1 Å². The standard InChI is InChI=1S/C15H14N4O/c1-17-15(20)13-3-2-8-18-14(13)19-10-12-6-4-11(9-16)5-7-12/h2-8H,10H2,1H3,(H,17,20)(H,18,19). The Labute approximate surface area is 117 Å². The lowest BCUT2D eigenvalue weighted by atomic mass is 10.1. The highest BCUT2D eigenvalue weighted by atomic mass is 16.1. The molecule has 0 aliphatic carbocycles. The predicted octanol–water partition coefficient (Wildman–Crippen LogP) is 1.92. The van der Waals surface area contributed by atoms with Crippen LogP contribution in [-0.2, 0) is 6.54 Å². The summed E-state index contributed by atoms with van der Waals surface area (Å²) >= 11 is 0. The number of aromatic nitrogens is 1. The average Bonchev–Trinajstić information content (AvgIpc) is 2.53. The molecule has 0 saturated heterocycles. The molecule has 0 aliphatic heterocycles. The molecule has 5 nitrogen and oxygen atoms in total. The van der Waals surface area contributed by atoms with Crippen LogP contribution in [0.4, 0.5) is 5.82 Å². The minimum atomic E-state index is -0.180. The van der Waals surface area contributed by atoms with E-state index in [0.717, 1.165) is 5.56 Å². The van der Waals surface area contributed by atoms with Gasteiger partial charge in [0.15, 0.2) is 0 Å². The van der Waals surface area contributed by atoms with E-state index in [-0.39, 0.29) is 5.91 Å². The molecule has 20 heavy (non-hydrogen) atoms. The fourth-order valence-corrected chi connectivity index (χ4v) is 1.75. The van der Waals surface area contributed by atoms with Gasteiger partial charge in [-0.3, -0.25) is 4.79 Å². The maximum atomic E-state index is 11.7. The summed E-state index contributed by atoms with van der Waals surface area (Å²) in [6.07, 6.45) is 1.63. The fourth-order valence-electron chi connectivity index (χ4n) is 1.75. The summed E-state index contributed by atoms with van der Waals surface area (Å²) in [6.45, 7) is 0.534. The molecule has 5 heteroatoms. The molecular formula is C15H14N4O. The van der Waals surface area contributed by atoms with Crippen LogP contribution in [0.1, 0.15) is 21.5 Å². The second kappa shape index (κ2) is 6.34. The van der Waals surface area contributed by atoms with Crippen LogP contribution in [0.3, 0.4) is 0 Å². The molecule has 0 saturated carbocycles. The van der Waals surface area contributed by atoms with Crippen LogP contribution in [0, 0.1) is 11.3 Å². The molecule has 2 N–H and O–H groups in total. The lowest BCUT2D eigenvalue weighted by Crippen LogP contribution is -2.20. The Balaban J connectivity index is 2.10. The third-order valence-corrected chi connectivity index (χ3v) is 2.82. The number of hydrogen-bond acceptors (Lipinski definition) is 4. The van der Waals surface area contributed by atoms with E-state index in [0.29, 0.717) is 23.5 Å². The van der Waals surface area contributed by atoms with Crippen LogP contribution in [-0.4, -0.2) is 17.9 Å². The number of nitrogens with one attached hydrogen (secondary N) is 2. The van der Waals surface area contributed by atoms with Gasteiger partial charge < -0.3 is 10.6 Å². The molecular weight excluding hydrogens is 252 g/mol. The van der Waals surface area contributed by atoms with Crippen molar-refractivity contribution < 1.29 is 4.79 Å². The van der Waals surface area contributed by atoms with E-state index in [1.54, 1.807) is 37.5 Å². The van der Waals surface area contributed by atoms with Crippen LogP contribution < -0.4 is 10.6 Å². The first-order chi connectivity index (χ1) is 9.74. The smallest absolute Gasteiger partial charge is 0.254 e. The molecule has 1 heterocycles. The summed E-state index contributed by atoms with van der Waals surface area (Å²) < 4.78 is 0. The van der Waals surface area contributed by atoms with E-state index in [1.807, 2.05) is 12.1 Å². The first-order valence-electron chi connectivity index (χ1n) is 6.14. The summed E-state index contributed by atoms with van der Waals surface area (Å²) in [7, 11) is 1.58. The fraction of sp³-hybridized carbons (Fsp3) is 0.133. The van der Waals surface area contributed by atoms with Gasteiger partial charge in [0, 0.05) is 19.8 Å². The van der Waals surface area contributed by atoms with Crippen LogP contribution in [0.2, 0.25) is 0 Å². The first-order valence-corrected chi connectivity index (χ1v) is 6.14. The number of nitriles is 1. The molecule has 1 amide bonds. The Morgan fingerprint density at radius 1 is 1.30 bits per heavy atom. The van der Waals surface area contributed by atoms with E-state index in [9.17, 15) is 4.79 Å². The van der Waals surface area contributed by atoms with Crippen LogP contribution >= 0.6 is 0 Å². The summed E-state index contributed by atoms with van der Waals surface area (Å²) in [5, 5.41) is 14.4.